The second-order valence-corrected chi connectivity index (χ2v) is 9.35. The highest BCUT2D eigenvalue weighted by Gasteiger charge is 2.17. The zero-order chi connectivity index (χ0) is 21.3. The largest absolute Gasteiger partial charge is 0.493 e. The lowest BCUT2D eigenvalue weighted by molar-refractivity contribution is -0.118. The molecule has 0 fully saturated rings. The van der Waals surface area contributed by atoms with Crippen molar-refractivity contribution in [3.63, 3.8) is 0 Å². The minimum absolute atomic E-state index is 0.232. The van der Waals surface area contributed by atoms with Gasteiger partial charge < -0.3 is 10.1 Å². The average molecular weight is 415 g/mol. The molecule has 2 rings (SSSR count). The van der Waals surface area contributed by atoms with Crippen LogP contribution in [0.15, 0.2) is 48.5 Å². The molecule has 0 radical (unpaired) electrons. The normalized spacial score (nSPS) is 11.1. The van der Waals surface area contributed by atoms with Crippen molar-refractivity contribution in [3.8, 4) is 11.8 Å². The minimum Gasteiger partial charge on any atom is -0.493 e. The summed E-state index contributed by atoms with van der Waals surface area (Å²) in [7, 11) is -3.58. The molecule has 2 aromatic rings. The molecular formula is C22H26N2O4S. The lowest BCUT2D eigenvalue weighted by Crippen LogP contribution is -2.32. The van der Waals surface area contributed by atoms with Gasteiger partial charge in [0.15, 0.2) is 9.84 Å². The number of hydrogen-bond acceptors (Lipinski definition) is 5. The predicted molar refractivity (Wildman–Crippen MR) is 112 cm³/mol. The number of ether oxygens (including phenoxy) is 1. The number of sulfone groups is 1. The smallest absolute Gasteiger partial charge is 0.235 e. The molecule has 1 N–H and O–H groups in total. The molecule has 0 spiro atoms. The van der Waals surface area contributed by atoms with Gasteiger partial charge in [0.2, 0.25) is 5.91 Å². The molecule has 0 atom stereocenters. The summed E-state index contributed by atoms with van der Waals surface area (Å²) < 4.78 is 30.0. The van der Waals surface area contributed by atoms with Gasteiger partial charge >= 0.3 is 0 Å². The Labute approximate surface area is 172 Å². The maximum atomic E-state index is 12.2. The van der Waals surface area contributed by atoms with Gasteiger partial charge in [-0.05, 0) is 47.7 Å². The van der Waals surface area contributed by atoms with E-state index < -0.39 is 21.5 Å². The van der Waals surface area contributed by atoms with E-state index in [-0.39, 0.29) is 5.75 Å². The zero-order valence-electron chi connectivity index (χ0n) is 16.7. The summed E-state index contributed by atoms with van der Waals surface area (Å²) in [6.07, 6.45) is 0.603. The van der Waals surface area contributed by atoms with Crippen LogP contribution in [-0.2, 0) is 26.8 Å². The molecule has 154 valence electrons. The van der Waals surface area contributed by atoms with Crippen LogP contribution in [0.5, 0.6) is 5.75 Å². The van der Waals surface area contributed by atoms with Crippen molar-refractivity contribution in [2.75, 3.05) is 18.9 Å². The number of benzene rings is 2. The van der Waals surface area contributed by atoms with Crippen LogP contribution in [0.3, 0.4) is 0 Å². The molecule has 0 aromatic heterocycles. The Kier molecular flexibility index (Phi) is 8.22. The Bertz CT molecular complexity index is 944. The van der Waals surface area contributed by atoms with E-state index in [4.69, 9.17) is 10.00 Å². The maximum absolute atomic E-state index is 12.2. The lowest BCUT2D eigenvalue weighted by Gasteiger charge is -2.10. The topological polar surface area (TPSA) is 96.3 Å². The number of rotatable bonds is 10. The van der Waals surface area contributed by atoms with Crippen molar-refractivity contribution in [2.45, 2.75) is 26.0 Å². The van der Waals surface area contributed by atoms with E-state index in [1.165, 1.54) is 0 Å². The van der Waals surface area contributed by atoms with Gasteiger partial charge in [-0.2, -0.15) is 5.26 Å². The van der Waals surface area contributed by atoms with Gasteiger partial charge in [-0.3, -0.25) is 4.79 Å². The van der Waals surface area contributed by atoms with Gasteiger partial charge in [0, 0.05) is 6.54 Å². The van der Waals surface area contributed by atoms with E-state index in [1.54, 1.807) is 24.3 Å². The first-order valence-corrected chi connectivity index (χ1v) is 11.3. The summed E-state index contributed by atoms with van der Waals surface area (Å²) in [5, 5.41) is 11.4. The Hall–Kier alpha value is -2.85. The molecule has 0 saturated heterocycles. The summed E-state index contributed by atoms with van der Waals surface area (Å²) in [5.41, 5.74) is 2.04. The molecule has 0 aliphatic rings. The first-order chi connectivity index (χ1) is 13.8. The Morgan fingerprint density at radius 3 is 2.28 bits per heavy atom. The van der Waals surface area contributed by atoms with E-state index in [9.17, 15) is 13.2 Å². The van der Waals surface area contributed by atoms with Crippen molar-refractivity contribution in [1.82, 2.24) is 5.32 Å². The van der Waals surface area contributed by atoms with Crippen molar-refractivity contribution >= 4 is 15.7 Å². The van der Waals surface area contributed by atoms with E-state index in [0.29, 0.717) is 36.6 Å². The number of nitrogens with zero attached hydrogens (tertiary/aromatic N) is 1. The molecule has 0 aliphatic heterocycles. The molecule has 29 heavy (non-hydrogen) atoms. The van der Waals surface area contributed by atoms with Crippen LogP contribution in [0.25, 0.3) is 0 Å². The lowest BCUT2D eigenvalue weighted by atomic mass is 10.1. The van der Waals surface area contributed by atoms with E-state index in [1.807, 2.05) is 30.3 Å². The average Bonchev–Trinajstić information content (AvgIpc) is 2.67. The Morgan fingerprint density at radius 2 is 1.69 bits per heavy atom. The molecule has 6 nitrogen and oxygen atoms in total. The van der Waals surface area contributed by atoms with Crippen molar-refractivity contribution in [3.05, 3.63) is 65.2 Å². The standard InChI is InChI=1S/C22H26N2O4S/c1-17(2)14-28-21-9-7-18(8-10-21)11-12-24-22(25)16-29(26,27)15-20-5-3-19(13-23)4-6-20/h3-10,17H,11-12,14-16H2,1-2H3,(H,24,25). The minimum atomic E-state index is -3.58. The van der Waals surface area contributed by atoms with Crippen LogP contribution >= 0.6 is 0 Å². The summed E-state index contributed by atoms with van der Waals surface area (Å²) >= 11 is 0. The third kappa shape index (κ3) is 8.36. The Morgan fingerprint density at radius 1 is 1.07 bits per heavy atom. The quantitative estimate of drug-likeness (QED) is 0.645. The highest BCUT2D eigenvalue weighted by Crippen LogP contribution is 2.13. The summed E-state index contributed by atoms with van der Waals surface area (Å²) in [5.74, 6) is -0.0483. The van der Waals surface area contributed by atoms with Gasteiger partial charge in [-0.15, -0.1) is 0 Å². The van der Waals surface area contributed by atoms with Crippen molar-refractivity contribution in [1.29, 1.82) is 5.26 Å². The highest BCUT2D eigenvalue weighted by molar-refractivity contribution is 7.91. The molecule has 0 aliphatic carbocycles. The van der Waals surface area contributed by atoms with Crippen LogP contribution in [0.1, 0.15) is 30.5 Å². The second-order valence-electron chi connectivity index (χ2n) is 7.29. The van der Waals surface area contributed by atoms with Gasteiger partial charge in [-0.25, -0.2) is 8.42 Å². The molecule has 0 bridgehead atoms. The molecule has 0 unspecified atom stereocenters. The molecule has 0 heterocycles. The first kappa shape index (κ1) is 22.4. The number of carbonyl (C=O) groups is 1. The van der Waals surface area contributed by atoms with E-state index >= 15 is 0 Å². The molecule has 7 heteroatoms. The van der Waals surface area contributed by atoms with Crippen molar-refractivity contribution in [2.24, 2.45) is 5.92 Å². The summed E-state index contributed by atoms with van der Waals surface area (Å²) in [6.45, 7) is 5.19. The van der Waals surface area contributed by atoms with Crippen LogP contribution in [-0.4, -0.2) is 33.2 Å². The number of nitrogens with one attached hydrogen (secondary N) is 1. The summed E-state index contributed by atoms with van der Waals surface area (Å²) in [6, 6.07) is 15.9. The molecule has 2 aromatic carbocycles. The third-order valence-corrected chi connectivity index (χ3v) is 5.54. The number of amides is 1. The SMILES string of the molecule is CC(C)COc1ccc(CCNC(=O)CS(=O)(=O)Cc2ccc(C#N)cc2)cc1. The summed E-state index contributed by atoms with van der Waals surface area (Å²) in [4.78, 5) is 12.0. The van der Waals surface area contributed by atoms with Crippen molar-refractivity contribution < 1.29 is 17.9 Å². The van der Waals surface area contributed by atoms with E-state index in [2.05, 4.69) is 19.2 Å². The van der Waals surface area contributed by atoms with Crippen LogP contribution in [0, 0.1) is 17.2 Å². The first-order valence-electron chi connectivity index (χ1n) is 9.45. The molecule has 1 amide bonds. The number of carbonyl (C=O) groups excluding carboxylic acids is 1. The fourth-order valence-electron chi connectivity index (χ4n) is 2.59. The second kappa shape index (κ2) is 10.6. The van der Waals surface area contributed by atoms with Crippen LogP contribution in [0.4, 0.5) is 0 Å². The van der Waals surface area contributed by atoms with E-state index in [0.717, 1.165) is 11.3 Å². The molecular weight excluding hydrogens is 388 g/mol. The Balaban J connectivity index is 1.76. The fourth-order valence-corrected chi connectivity index (χ4v) is 3.90. The van der Waals surface area contributed by atoms with Gasteiger partial charge in [0.1, 0.15) is 11.5 Å². The third-order valence-electron chi connectivity index (χ3n) is 4.06. The van der Waals surface area contributed by atoms with Gasteiger partial charge in [-0.1, -0.05) is 38.1 Å². The van der Waals surface area contributed by atoms with Gasteiger partial charge in [0.25, 0.3) is 0 Å². The number of hydrogen-bond donors (Lipinski definition) is 1. The fraction of sp³-hybridized carbons (Fsp3) is 0.364. The van der Waals surface area contributed by atoms with Gasteiger partial charge in [0.05, 0.1) is 24.0 Å². The molecule has 0 saturated carbocycles. The highest BCUT2D eigenvalue weighted by atomic mass is 32.2. The number of nitriles is 1. The zero-order valence-corrected chi connectivity index (χ0v) is 17.5. The van der Waals surface area contributed by atoms with Crippen LogP contribution < -0.4 is 10.1 Å². The predicted octanol–water partition coefficient (Wildman–Crippen LogP) is 2.87. The monoisotopic (exact) mass is 414 g/mol. The van der Waals surface area contributed by atoms with Crippen LogP contribution in [0.2, 0.25) is 0 Å². The maximum Gasteiger partial charge on any atom is 0.235 e.